The number of nitrogens with one attached hydrogen (secondary N) is 1. The number of imide groups is 1. The lowest BCUT2D eigenvalue weighted by molar-refractivity contribution is -0.136. The second kappa shape index (κ2) is 8.80. The van der Waals surface area contributed by atoms with Gasteiger partial charge in [-0.3, -0.25) is 14.5 Å². The summed E-state index contributed by atoms with van der Waals surface area (Å²) in [5.41, 5.74) is 2.85. The molecule has 0 fully saturated rings. The van der Waals surface area contributed by atoms with E-state index in [-0.39, 0.29) is 29.6 Å². The molecule has 0 atom stereocenters. The number of methoxy groups -OCH3 is 1. The Bertz CT molecular complexity index is 889. The van der Waals surface area contributed by atoms with E-state index in [1.807, 2.05) is 24.3 Å². The summed E-state index contributed by atoms with van der Waals surface area (Å²) < 4.78 is 18.4. The van der Waals surface area contributed by atoms with Gasteiger partial charge in [0.1, 0.15) is 11.5 Å². The first-order valence-electron chi connectivity index (χ1n) is 9.26. The van der Waals surface area contributed by atoms with Crippen LogP contribution in [0.15, 0.2) is 54.2 Å². The average molecular weight is 382 g/mol. The van der Waals surface area contributed by atoms with Gasteiger partial charge in [0.15, 0.2) is 0 Å². The van der Waals surface area contributed by atoms with Crippen molar-refractivity contribution in [3.63, 3.8) is 0 Å². The van der Waals surface area contributed by atoms with Gasteiger partial charge in [0.05, 0.1) is 5.57 Å². The van der Waals surface area contributed by atoms with E-state index in [9.17, 15) is 14.0 Å². The standard InChI is InChI=1S/C22H23FN2O3/c1-3-15-5-11-18(12-6-15)24-20-19(16-7-9-17(23)10-8-16)21(26)25(22(20)27)13-4-14-28-2/h5-12,24H,3-4,13-14H2,1-2H3. The Morgan fingerprint density at radius 3 is 2.29 bits per heavy atom. The monoisotopic (exact) mass is 382 g/mol. The quantitative estimate of drug-likeness (QED) is 0.560. The number of aryl methyl sites for hydroxylation is 1. The van der Waals surface area contributed by atoms with Gasteiger partial charge < -0.3 is 10.1 Å². The molecular weight excluding hydrogens is 359 g/mol. The van der Waals surface area contributed by atoms with E-state index in [0.29, 0.717) is 24.3 Å². The maximum absolute atomic E-state index is 13.3. The van der Waals surface area contributed by atoms with E-state index in [0.717, 1.165) is 6.42 Å². The Labute approximate surface area is 163 Å². The van der Waals surface area contributed by atoms with Crippen LogP contribution in [0.5, 0.6) is 0 Å². The molecule has 1 N–H and O–H groups in total. The van der Waals surface area contributed by atoms with Crippen LogP contribution >= 0.6 is 0 Å². The second-order valence-electron chi connectivity index (χ2n) is 6.54. The van der Waals surface area contributed by atoms with Crippen LogP contribution < -0.4 is 5.32 Å². The van der Waals surface area contributed by atoms with Crippen LogP contribution in [0.4, 0.5) is 10.1 Å². The molecule has 6 heteroatoms. The van der Waals surface area contributed by atoms with Crippen molar-refractivity contribution in [2.24, 2.45) is 0 Å². The molecule has 0 spiro atoms. The number of ether oxygens (including phenoxy) is 1. The molecule has 2 aromatic carbocycles. The molecule has 2 aromatic rings. The normalized spacial score (nSPS) is 14.2. The van der Waals surface area contributed by atoms with Crippen molar-refractivity contribution >= 4 is 23.1 Å². The molecule has 0 saturated carbocycles. The number of amides is 2. The fourth-order valence-corrected chi connectivity index (χ4v) is 3.11. The van der Waals surface area contributed by atoms with Crippen molar-refractivity contribution in [2.45, 2.75) is 19.8 Å². The van der Waals surface area contributed by atoms with Crippen LogP contribution in [0.2, 0.25) is 0 Å². The summed E-state index contributed by atoms with van der Waals surface area (Å²) in [6, 6.07) is 13.3. The van der Waals surface area contributed by atoms with Gasteiger partial charge in [0.25, 0.3) is 11.8 Å². The number of hydrogen-bond acceptors (Lipinski definition) is 4. The van der Waals surface area contributed by atoms with Gasteiger partial charge in [0.2, 0.25) is 0 Å². The van der Waals surface area contributed by atoms with E-state index in [1.54, 1.807) is 7.11 Å². The highest BCUT2D eigenvalue weighted by molar-refractivity contribution is 6.36. The molecule has 0 radical (unpaired) electrons. The van der Waals surface area contributed by atoms with Gasteiger partial charge in [-0.25, -0.2) is 4.39 Å². The van der Waals surface area contributed by atoms with Crippen LogP contribution in [0.1, 0.15) is 24.5 Å². The summed E-state index contributed by atoms with van der Waals surface area (Å²) in [6.45, 7) is 2.77. The Morgan fingerprint density at radius 1 is 1.00 bits per heavy atom. The highest BCUT2D eigenvalue weighted by Crippen LogP contribution is 2.30. The third kappa shape index (κ3) is 4.12. The molecule has 3 rings (SSSR count). The van der Waals surface area contributed by atoms with Crippen LogP contribution in [0.25, 0.3) is 5.57 Å². The zero-order valence-electron chi connectivity index (χ0n) is 16.0. The van der Waals surface area contributed by atoms with Crippen molar-refractivity contribution < 1.29 is 18.7 Å². The molecule has 146 valence electrons. The first kappa shape index (κ1) is 19.8. The van der Waals surface area contributed by atoms with Crippen molar-refractivity contribution in [3.8, 4) is 0 Å². The summed E-state index contributed by atoms with van der Waals surface area (Å²) in [5, 5.41) is 3.10. The van der Waals surface area contributed by atoms with Crippen LogP contribution in [-0.2, 0) is 20.7 Å². The van der Waals surface area contributed by atoms with Crippen molar-refractivity contribution in [1.29, 1.82) is 0 Å². The third-order valence-corrected chi connectivity index (χ3v) is 4.66. The highest BCUT2D eigenvalue weighted by atomic mass is 19.1. The predicted octanol–water partition coefficient (Wildman–Crippen LogP) is 3.62. The van der Waals surface area contributed by atoms with E-state index >= 15 is 0 Å². The Kier molecular flexibility index (Phi) is 6.21. The Balaban J connectivity index is 1.96. The molecule has 1 aliphatic heterocycles. The maximum Gasteiger partial charge on any atom is 0.278 e. The number of halogens is 1. The molecule has 0 aliphatic carbocycles. The highest BCUT2D eigenvalue weighted by Gasteiger charge is 2.38. The minimum absolute atomic E-state index is 0.207. The lowest BCUT2D eigenvalue weighted by Gasteiger charge is -2.15. The fraction of sp³-hybridized carbons (Fsp3) is 0.273. The summed E-state index contributed by atoms with van der Waals surface area (Å²) in [7, 11) is 1.57. The van der Waals surface area contributed by atoms with E-state index in [2.05, 4.69) is 12.2 Å². The molecule has 0 saturated heterocycles. The van der Waals surface area contributed by atoms with Crippen LogP contribution in [0.3, 0.4) is 0 Å². The van der Waals surface area contributed by atoms with Gasteiger partial charge in [-0.2, -0.15) is 0 Å². The van der Waals surface area contributed by atoms with Crippen molar-refractivity contribution in [3.05, 3.63) is 71.2 Å². The third-order valence-electron chi connectivity index (χ3n) is 4.66. The molecule has 2 amide bonds. The largest absolute Gasteiger partial charge is 0.385 e. The fourth-order valence-electron chi connectivity index (χ4n) is 3.11. The minimum atomic E-state index is -0.400. The van der Waals surface area contributed by atoms with Crippen molar-refractivity contribution in [1.82, 2.24) is 4.90 Å². The molecule has 28 heavy (non-hydrogen) atoms. The van der Waals surface area contributed by atoms with E-state index in [4.69, 9.17) is 4.74 Å². The number of carbonyl (C=O) groups is 2. The SMILES string of the molecule is CCc1ccc(NC2=C(c3ccc(F)cc3)C(=O)N(CCCOC)C2=O)cc1. The number of hydrogen-bond donors (Lipinski definition) is 1. The van der Waals surface area contributed by atoms with Gasteiger partial charge in [-0.15, -0.1) is 0 Å². The van der Waals surface area contributed by atoms with Gasteiger partial charge in [-0.05, 0) is 48.2 Å². The number of anilines is 1. The molecule has 0 bridgehead atoms. The average Bonchev–Trinajstić information content (AvgIpc) is 2.94. The van der Waals surface area contributed by atoms with Crippen LogP contribution in [-0.4, -0.2) is 37.0 Å². The molecule has 0 aromatic heterocycles. The van der Waals surface area contributed by atoms with E-state index < -0.39 is 5.82 Å². The van der Waals surface area contributed by atoms with Crippen LogP contribution in [0, 0.1) is 5.82 Å². The zero-order valence-corrected chi connectivity index (χ0v) is 16.0. The zero-order chi connectivity index (χ0) is 20.1. The topological polar surface area (TPSA) is 58.6 Å². The molecule has 1 aliphatic rings. The smallest absolute Gasteiger partial charge is 0.278 e. The maximum atomic E-state index is 13.3. The molecule has 1 heterocycles. The molecule has 5 nitrogen and oxygen atoms in total. The number of benzene rings is 2. The van der Waals surface area contributed by atoms with Gasteiger partial charge in [0, 0.05) is 25.9 Å². The number of nitrogens with zero attached hydrogens (tertiary/aromatic N) is 1. The summed E-state index contributed by atoms with van der Waals surface area (Å²) in [5.74, 6) is -1.18. The Morgan fingerprint density at radius 2 is 1.68 bits per heavy atom. The Hall–Kier alpha value is -2.99. The first-order valence-corrected chi connectivity index (χ1v) is 9.26. The first-order chi connectivity index (χ1) is 13.5. The molecular formula is C22H23FN2O3. The van der Waals surface area contributed by atoms with Crippen molar-refractivity contribution in [2.75, 3.05) is 25.6 Å². The summed E-state index contributed by atoms with van der Waals surface area (Å²) in [4.78, 5) is 27.1. The summed E-state index contributed by atoms with van der Waals surface area (Å²) in [6.07, 6.45) is 1.46. The predicted molar refractivity (Wildman–Crippen MR) is 106 cm³/mol. The van der Waals surface area contributed by atoms with Gasteiger partial charge >= 0.3 is 0 Å². The number of carbonyl (C=O) groups excluding carboxylic acids is 2. The lowest BCUT2D eigenvalue weighted by Crippen LogP contribution is -2.33. The summed E-state index contributed by atoms with van der Waals surface area (Å²) >= 11 is 0. The van der Waals surface area contributed by atoms with E-state index in [1.165, 1.54) is 34.7 Å². The second-order valence-corrected chi connectivity index (χ2v) is 6.54. The minimum Gasteiger partial charge on any atom is -0.385 e. The van der Waals surface area contributed by atoms with Gasteiger partial charge in [-0.1, -0.05) is 31.2 Å². The molecule has 0 unspecified atom stereocenters. The lowest BCUT2D eigenvalue weighted by atomic mass is 10.0. The number of rotatable bonds is 8.